The Morgan fingerprint density at radius 3 is 2.50 bits per heavy atom. The van der Waals surface area contributed by atoms with Crippen molar-refractivity contribution in [1.82, 2.24) is 4.57 Å². The number of carboxylic acid groups (broad SMARTS) is 1. The van der Waals surface area contributed by atoms with Gasteiger partial charge in [-0.3, -0.25) is 9.59 Å². The van der Waals surface area contributed by atoms with Crippen molar-refractivity contribution < 1.29 is 32.7 Å². The molecule has 118 valence electrons. The molecule has 0 aromatic carbocycles. The van der Waals surface area contributed by atoms with Crippen LogP contribution >= 0.6 is 0 Å². The second-order valence-corrected chi connectivity index (χ2v) is 4.78. The van der Waals surface area contributed by atoms with Crippen LogP contribution in [0.5, 0.6) is 0 Å². The van der Waals surface area contributed by atoms with Gasteiger partial charge < -0.3 is 9.67 Å². The standard InChI is InChI=1S/C13H11F3N2O4/c1-6(13(14,15)16)17-11(20)10(19)9-5-7(12(21)22)8-3-2-4-18(8)9/h5H,2-4H2,1H3,(H,21,22). The highest BCUT2D eigenvalue weighted by Crippen LogP contribution is 2.25. The highest BCUT2D eigenvalue weighted by Gasteiger charge is 2.34. The van der Waals surface area contributed by atoms with Crippen molar-refractivity contribution in [2.45, 2.75) is 32.5 Å². The molecule has 0 bridgehead atoms. The number of carbonyl (C=O) groups is 3. The minimum atomic E-state index is -4.80. The fourth-order valence-corrected chi connectivity index (χ4v) is 2.27. The smallest absolute Gasteiger partial charge is 0.429 e. The van der Waals surface area contributed by atoms with E-state index in [2.05, 4.69) is 4.99 Å². The number of nitrogens with zero attached hydrogens (tertiary/aromatic N) is 2. The zero-order chi connectivity index (χ0) is 16.7. The van der Waals surface area contributed by atoms with E-state index in [4.69, 9.17) is 5.11 Å². The summed E-state index contributed by atoms with van der Waals surface area (Å²) in [5.74, 6) is -4.08. The van der Waals surface area contributed by atoms with Crippen molar-refractivity contribution >= 4 is 23.4 Å². The molecule has 1 aromatic rings. The third-order valence-electron chi connectivity index (χ3n) is 3.34. The number of alkyl halides is 3. The maximum Gasteiger partial charge on any atom is 0.429 e. The molecule has 1 aliphatic heterocycles. The second-order valence-electron chi connectivity index (χ2n) is 4.78. The number of amides is 1. The number of ketones is 1. The molecular formula is C13H11F3N2O4. The highest BCUT2D eigenvalue weighted by atomic mass is 19.4. The van der Waals surface area contributed by atoms with Crippen LogP contribution in [-0.4, -0.2) is 39.2 Å². The molecule has 0 atom stereocenters. The van der Waals surface area contributed by atoms with Gasteiger partial charge in [-0.1, -0.05) is 0 Å². The maximum absolute atomic E-state index is 12.3. The number of aromatic nitrogens is 1. The van der Waals surface area contributed by atoms with E-state index in [0.29, 0.717) is 32.0 Å². The Morgan fingerprint density at radius 2 is 1.95 bits per heavy atom. The van der Waals surface area contributed by atoms with E-state index < -0.39 is 29.5 Å². The number of aliphatic imine (C=N–C) groups is 1. The molecule has 22 heavy (non-hydrogen) atoms. The molecule has 0 fully saturated rings. The Balaban J connectivity index is 2.37. The van der Waals surface area contributed by atoms with Crippen LogP contribution in [0.15, 0.2) is 11.1 Å². The van der Waals surface area contributed by atoms with E-state index in [1.54, 1.807) is 0 Å². The van der Waals surface area contributed by atoms with Crippen molar-refractivity contribution in [3.63, 3.8) is 0 Å². The molecule has 1 N–H and O–H groups in total. The lowest BCUT2D eigenvalue weighted by atomic mass is 10.1. The van der Waals surface area contributed by atoms with Crippen molar-refractivity contribution in [3.8, 4) is 0 Å². The van der Waals surface area contributed by atoms with Gasteiger partial charge in [0.1, 0.15) is 5.71 Å². The summed E-state index contributed by atoms with van der Waals surface area (Å²) in [6.45, 7) is 0.912. The molecule has 1 aliphatic rings. The molecule has 0 aliphatic carbocycles. The summed E-state index contributed by atoms with van der Waals surface area (Å²) in [6.07, 6.45) is -3.78. The maximum atomic E-state index is 12.3. The van der Waals surface area contributed by atoms with Gasteiger partial charge in [-0.05, 0) is 25.8 Å². The Kier molecular flexibility index (Phi) is 3.90. The third-order valence-corrected chi connectivity index (χ3v) is 3.34. The van der Waals surface area contributed by atoms with Gasteiger partial charge in [-0.25, -0.2) is 9.79 Å². The lowest BCUT2D eigenvalue weighted by Gasteiger charge is -2.05. The van der Waals surface area contributed by atoms with Gasteiger partial charge in [0, 0.05) is 12.2 Å². The monoisotopic (exact) mass is 316 g/mol. The Labute approximate surface area is 122 Å². The number of fused-ring (bicyclic) bond motifs is 1. The Hall–Kier alpha value is -2.45. The minimum Gasteiger partial charge on any atom is -0.478 e. The zero-order valence-corrected chi connectivity index (χ0v) is 11.4. The van der Waals surface area contributed by atoms with Crippen LogP contribution in [0.3, 0.4) is 0 Å². The number of halogens is 3. The van der Waals surface area contributed by atoms with E-state index in [1.807, 2.05) is 0 Å². The fraction of sp³-hybridized carbons (Fsp3) is 0.385. The number of carbonyl (C=O) groups excluding carboxylic acids is 2. The first kappa shape index (κ1) is 15.9. The lowest BCUT2D eigenvalue weighted by molar-refractivity contribution is -0.114. The van der Waals surface area contributed by atoms with Crippen molar-refractivity contribution in [2.75, 3.05) is 0 Å². The van der Waals surface area contributed by atoms with Crippen molar-refractivity contribution in [1.29, 1.82) is 0 Å². The molecule has 0 saturated carbocycles. The molecule has 2 heterocycles. The summed E-state index contributed by atoms with van der Waals surface area (Å²) < 4.78 is 38.3. The number of Topliss-reactive ketones (excluding diaryl/α,β-unsaturated/α-hetero) is 1. The Morgan fingerprint density at radius 1 is 1.32 bits per heavy atom. The largest absolute Gasteiger partial charge is 0.478 e. The predicted octanol–water partition coefficient (Wildman–Crippen LogP) is 1.87. The van der Waals surface area contributed by atoms with Gasteiger partial charge in [-0.15, -0.1) is 0 Å². The molecule has 1 aromatic heterocycles. The van der Waals surface area contributed by atoms with Crippen LogP contribution in [0, 0.1) is 0 Å². The van der Waals surface area contributed by atoms with Crippen molar-refractivity contribution in [3.05, 3.63) is 23.0 Å². The van der Waals surface area contributed by atoms with E-state index in [0.717, 1.165) is 6.07 Å². The normalized spacial score (nSPS) is 14.8. The summed E-state index contributed by atoms with van der Waals surface area (Å²) in [5.41, 5.74) is -1.41. The summed E-state index contributed by atoms with van der Waals surface area (Å²) >= 11 is 0. The molecule has 9 heteroatoms. The molecule has 6 nitrogen and oxygen atoms in total. The summed E-state index contributed by atoms with van der Waals surface area (Å²) in [4.78, 5) is 37.4. The SMILES string of the molecule is CC(=NC(=O)C(=O)c1cc(C(=O)O)c2n1CCC2)C(F)(F)F. The number of rotatable bonds is 3. The van der Waals surface area contributed by atoms with Crippen molar-refractivity contribution in [2.24, 2.45) is 4.99 Å². The molecule has 2 rings (SSSR count). The first-order valence-corrected chi connectivity index (χ1v) is 6.29. The molecular weight excluding hydrogens is 305 g/mol. The lowest BCUT2D eigenvalue weighted by Crippen LogP contribution is -2.24. The van der Waals surface area contributed by atoms with Crippen LogP contribution < -0.4 is 0 Å². The zero-order valence-electron chi connectivity index (χ0n) is 11.4. The predicted molar refractivity (Wildman–Crippen MR) is 68.2 cm³/mol. The number of carboxylic acids is 1. The molecule has 0 spiro atoms. The molecule has 1 amide bonds. The number of hydrogen-bond donors (Lipinski definition) is 1. The number of hydrogen-bond acceptors (Lipinski definition) is 3. The van der Waals surface area contributed by atoms with Crippen LogP contribution in [-0.2, 0) is 17.8 Å². The number of aromatic carboxylic acids is 1. The van der Waals surface area contributed by atoms with E-state index in [-0.39, 0.29) is 11.3 Å². The fourth-order valence-electron chi connectivity index (χ4n) is 2.27. The molecule has 0 radical (unpaired) electrons. The Bertz CT molecular complexity index is 701. The van der Waals surface area contributed by atoms with Crippen LogP contribution in [0.4, 0.5) is 13.2 Å². The summed E-state index contributed by atoms with van der Waals surface area (Å²) in [7, 11) is 0. The first-order valence-electron chi connectivity index (χ1n) is 6.29. The van der Waals surface area contributed by atoms with Crippen LogP contribution in [0.25, 0.3) is 0 Å². The van der Waals surface area contributed by atoms with Crippen LogP contribution in [0.2, 0.25) is 0 Å². The van der Waals surface area contributed by atoms with E-state index in [9.17, 15) is 27.6 Å². The van der Waals surface area contributed by atoms with Gasteiger partial charge in [0.25, 0.3) is 5.78 Å². The van der Waals surface area contributed by atoms with E-state index >= 15 is 0 Å². The average molecular weight is 316 g/mol. The highest BCUT2D eigenvalue weighted by molar-refractivity contribution is 6.44. The van der Waals surface area contributed by atoms with Gasteiger partial charge in [0.2, 0.25) is 0 Å². The third kappa shape index (κ3) is 2.78. The van der Waals surface area contributed by atoms with Gasteiger partial charge in [0.15, 0.2) is 0 Å². The van der Waals surface area contributed by atoms with Crippen LogP contribution in [0.1, 0.15) is 39.9 Å². The molecule has 0 saturated heterocycles. The summed E-state index contributed by atoms with van der Waals surface area (Å²) in [6, 6.07) is 1.01. The second kappa shape index (κ2) is 5.39. The van der Waals surface area contributed by atoms with Gasteiger partial charge >= 0.3 is 18.1 Å². The average Bonchev–Trinajstić information content (AvgIpc) is 2.97. The quantitative estimate of drug-likeness (QED) is 0.524. The first-order chi connectivity index (χ1) is 10.1. The summed E-state index contributed by atoms with van der Waals surface area (Å²) in [5, 5.41) is 9.05. The molecule has 0 unspecified atom stereocenters. The minimum absolute atomic E-state index is 0.120. The van der Waals surface area contributed by atoms with Gasteiger partial charge in [-0.2, -0.15) is 13.2 Å². The van der Waals surface area contributed by atoms with E-state index in [1.165, 1.54) is 4.57 Å². The topological polar surface area (TPSA) is 88.7 Å². The van der Waals surface area contributed by atoms with Gasteiger partial charge in [0.05, 0.1) is 11.3 Å².